The largest absolute Gasteiger partial charge is 0.465 e. The van der Waals surface area contributed by atoms with Gasteiger partial charge in [0, 0.05) is 43.9 Å². The molecule has 0 saturated carbocycles. The molecule has 7 heteroatoms. The zero-order chi connectivity index (χ0) is 19.6. The zero-order valence-electron chi connectivity index (χ0n) is 16.7. The molecule has 1 atom stereocenters. The molecule has 1 fully saturated rings. The van der Waals surface area contributed by atoms with E-state index in [1.54, 1.807) is 7.05 Å². The van der Waals surface area contributed by atoms with Gasteiger partial charge in [-0.25, -0.2) is 0 Å². The number of aryl methyl sites for hydroxylation is 1. The van der Waals surface area contributed by atoms with Crippen molar-refractivity contribution in [1.82, 2.24) is 15.5 Å². The molecule has 1 aliphatic heterocycles. The lowest BCUT2D eigenvalue weighted by Gasteiger charge is -2.33. The molecular weight excluding hydrogens is 372 g/mol. The molecule has 152 valence electrons. The monoisotopic (exact) mass is 402 g/mol. The van der Waals surface area contributed by atoms with E-state index in [0.29, 0.717) is 0 Å². The number of furan rings is 1. The minimum atomic E-state index is 0.162. The first-order valence-corrected chi connectivity index (χ1v) is 10.8. The Hall–Kier alpha value is -1.96. The van der Waals surface area contributed by atoms with Crippen LogP contribution in [0.4, 0.5) is 0 Å². The molecule has 0 spiro atoms. The molecule has 0 radical (unpaired) electrons. The molecule has 28 heavy (non-hydrogen) atoms. The van der Waals surface area contributed by atoms with E-state index in [9.17, 15) is 0 Å². The summed E-state index contributed by atoms with van der Waals surface area (Å²) in [5.41, 5.74) is 0. The Bertz CT molecular complexity index is 729. The third-order valence-electron chi connectivity index (χ3n) is 4.67. The minimum absolute atomic E-state index is 0.162. The summed E-state index contributed by atoms with van der Waals surface area (Å²) in [6, 6.07) is 14.7. The summed E-state index contributed by atoms with van der Waals surface area (Å²) in [6.07, 6.45) is 0. The van der Waals surface area contributed by atoms with Crippen LogP contribution in [0.2, 0.25) is 0 Å². The molecule has 0 amide bonds. The number of hydrogen-bond acceptors (Lipinski definition) is 5. The Labute approximate surface area is 171 Å². The van der Waals surface area contributed by atoms with Crippen molar-refractivity contribution in [2.24, 2.45) is 4.99 Å². The predicted molar refractivity (Wildman–Crippen MR) is 115 cm³/mol. The predicted octanol–water partition coefficient (Wildman–Crippen LogP) is 2.92. The second-order valence-electron chi connectivity index (χ2n) is 6.65. The number of rotatable bonds is 8. The molecule has 1 aromatic carbocycles. The molecule has 1 aliphatic rings. The van der Waals surface area contributed by atoms with Crippen molar-refractivity contribution >= 4 is 17.7 Å². The van der Waals surface area contributed by atoms with Crippen LogP contribution in [0, 0.1) is 6.92 Å². The Morgan fingerprint density at radius 1 is 1.14 bits per heavy atom. The first-order chi connectivity index (χ1) is 13.8. The summed E-state index contributed by atoms with van der Waals surface area (Å²) in [5.74, 6) is 3.72. The van der Waals surface area contributed by atoms with Crippen LogP contribution in [-0.4, -0.2) is 63.1 Å². The summed E-state index contributed by atoms with van der Waals surface area (Å²) in [4.78, 5) is 8.05. The maximum absolute atomic E-state index is 5.93. The van der Waals surface area contributed by atoms with Crippen molar-refractivity contribution in [3.8, 4) is 0 Å². The third-order valence-corrected chi connectivity index (χ3v) is 5.68. The van der Waals surface area contributed by atoms with Crippen molar-refractivity contribution < 1.29 is 9.15 Å². The van der Waals surface area contributed by atoms with E-state index in [1.165, 1.54) is 4.90 Å². The highest BCUT2D eigenvalue weighted by Gasteiger charge is 2.25. The summed E-state index contributed by atoms with van der Waals surface area (Å²) in [7, 11) is 1.81. The number of guanidine groups is 1. The number of morpholine rings is 1. The topological polar surface area (TPSA) is 62.0 Å². The molecule has 1 aromatic heterocycles. The van der Waals surface area contributed by atoms with Crippen LogP contribution >= 0.6 is 11.8 Å². The maximum Gasteiger partial charge on any atom is 0.191 e. The van der Waals surface area contributed by atoms with E-state index in [2.05, 4.69) is 50.9 Å². The van der Waals surface area contributed by atoms with Crippen LogP contribution in [0.3, 0.4) is 0 Å². The van der Waals surface area contributed by atoms with Crippen molar-refractivity contribution in [2.45, 2.75) is 17.9 Å². The van der Waals surface area contributed by atoms with Gasteiger partial charge in [-0.05, 0) is 31.2 Å². The molecule has 2 N–H and O–H groups in total. The highest BCUT2D eigenvalue weighted by molar-refractivity contribution is 7.99. The fourth-order valence-electron chi connectivity index (χ4n) is 3.20. The van der Waals surface area contributed by atoms with Gasteiger partial charge < -0.3 is 19.8 Å². The van der Waals surface area contributed by atoms with Crippen LogP contribution in [0.1, 0.15) is 17.6 Å². The average Bonchev–Trinajstić information content (AvgIpc) is 3.17. The minimum Gasteiger partial charge on any atom is -0.465 e. The lowest BCUT2D eigenvalue weighted by atomic mass is 10.1. The number of nitrogens with zero attached hydrogens (tertiary/aromatic N) is 2. The SMILES string of the molecule is CN=C(NCCSc1ccccc1)NCC(c1ccc(C)o1)N1CCOCC1. The van der Waals surface area contributed by atoms with Gasteiger partial charge in [0.1, 0.15) is 11.5 Å². The van der Waals surface area contributed by atoms with Crippen LogP contribution in [0.5, 0.6) is 0 Å². The highest BCUT2D eigenvalue weighted by atomic mass is 32.2. The molecule has 3 rings (SSSR count). The van der Waals surface area contributed by atoms with Gasteiger partial charge in [0.2, 0.25) is 0 Å². The maximum atomic E-state index is 5.93. The number of thioether (sulfide) groups is 1. The summed E-state index contributed by atoms with van der Waals surface area (Å²) < 4.78 is 11.4. The van der Waals surface area contributed by atoms with Crippen molar-refractivity contribution in [1.29, 1.82) is 0 Å². The Balaban J connectivity index is 1.49. The van der Waals surface area contributed by atoms with Gasteiger partial charge in [-0.1, -0.05) is 18.2 Å². The van der Waals surface area contributed by atoms with Gasteiger partial charge in [-0.15, -0.1) is 11.8 Å². The molecule has 6 nitrogen and oxygen atoms in total. The van der Waals surface area contributed by atoms with Gasteiger partial charge in [0.25, 0.3) is 0 Å². The Kier molecular flexibility index (Phi) is 8.26. The quantitative estimate of drug-likeness (QED) is 0.306. The zero-order valence-corrected chi connectivity index (χ0v) is 17.5. The first kappa shape index (κ1) is 20.8. The van der Waals surface area contributed by atoms with Gasteiger partial charge in [-0.3, -0.25) is 9.89 Å². The number of aliphatic imine (C=N–C) groups is 1. The standard InChI is InChI=1S/C21H30N4O2S/c1-17-8-9-20(27-17)19(25-11-13-26-14-12-25)16-24-21(22-2)23-10-15-28-18-6-4-3-5-7-18/h3-9,19H,10-16H2,1-2H3,(H2,22,23,24). The van der Waals surface area contributed by atoms with Gasteiger partial charge >= 0.3 is 0 Å². The number of nitrogens with one attached hydrogen (secondary N) is 2. The molecule has 2 aromatic rings. The van der Waals surface area contributed by atoms with Gasteiger partial charge in [0.15, 0.2) is 5.96 Å². The van der Waals surface area contributed by atoms with E-state index < -0.39 is 0 Å². The van der Waals surface area contributed by atoms with Crippen molar-refractivity contribution in [3.63, 3.8) is 0 Å². The fraction of sp³-hybridized carbons (Fsp3) is 0.476. The normalized spacial score (nSPS) is 16.7. The summed E-state index contributed by atoms with van der Waals surface area (Å²) >= 11 is 1.84. The lowest BCUT2D eigenvalue weighted by Crippen LogP contribution is -2.46. The van der Waals surface area contributed by atoms with Crippen molar-refractivity contribution in [3.05, 3.63) is 54.0 Å². The van der Waals surface area contributed by atoms with E-state index in [1.807, 2.05) is 30.8 Å². The number of hydrogen-bond donors (Lipinski definition) is 2. The van der Waals surface area contributed by atoms with Gasteiger partial charge in [0.05, 0.1) is 19.3 Å². The van der Waals surface area contributed by atoms with E-state index in [0.717, 1.165) is 62.6 Å². The second-order valence-corrected chi connectivity index (χ2v) is 7.82. The van der Waals surface area contributed by atoms with Gasteiger partial charge in [-0.2, -0.15) is 0 Å². The summed E-state index contributed by atoms with van der Waals surface area (Å²) in [5, 5.41) is 6.86. The first-order valence-electron chi connectivity index (χ1n) is 9.77. The van der Waals surface area contributed by atoms with Crippen LogP contribution < -0.4 is 10.6 Å². The number of benzene rings is 1. The molecule has 1 saturated heterocycles. The highest BCUT2D eigenvalue weighted by Crippen LogP contribution is 2.23. The molecular formula is C21H30N4O2S. The van der Waals surface area contributed by atoms with Crippen LogP contribution in [0.25, 0.3) is 0 Å². The smallest absolute Gasteiger partial charge is 0.191 e. The molecule has 1 unspecified atom stereocenters. The number of ether oxygens (including phenoxy) is 1. The molecule has 0 bridgehead atoms. The van der Waals surface area contributed by atoms with E-state index in [4.69, 9.17) is 9.15 Å². The molecule has 0 aliphatic carbocycles. The van der Waals surface area contributed by atoms with Crippen LogP contribution in [0.15, 0.2) is 56.8 Å². The Morgan fingerprint density at radius 2 is 1.93 bits per heavy atom. The van der Waals surface area contributed by atoms with Crippen molar-refractivity contribution in [2.75, 3.05) is 52.2 Å². The van der Waals surface area contributed by atoms with Crippen LogP contribution in [-0.2, 0) is 4.74 Å². The Morgan fingerprint density at radius 3 is 2.61 bits per heavy atom. The van der Waals surface area contributed by atoms with E-state index >= 15 is 0 Å². The van der Waals surface area contributed by atoms with E-state index in [-0.39, 0.29) is 6.04 Å². The molecule has 2 heterocycles. The fourth-order valence-corrected chi connectivity index (χ4v) is 3.99. The average molecular weight is 403 g/mol. The third kappa shape index (κ3) is 6.29. The summed E-state index contributed by atoms with van der Waals surface area (Å²) in [6.45, 7) is 6.91. The lowest BCUT2D eigenvalue weighted by molar-refractivity contribution is 0.0124. The second kappa shape index (κ2) is 11.1.